The first-order chi connectivity index (χ1) is 16.0. The van der Waals surface area contributed by atoms with Crippen LogP contribution < -0.4 is 5.32 Å². The molecule has 0 bridgehead atoms. The third-order valence-corrected chi connectivity index (χ3v) is 5.71. The van der Waals surface area contributed by atoms with E-state index >= 15 is 0 Å². The number of ether oxygens (including phenoxy) is 1. The third kappa shape index (κ3) is 8.54. The third-order valence-electron chi connectivity index (χ3n) is 4.61. The van der Waals surface area contributed by atoms with Crippen LogP contribution in [0.25, 0.3) is 10.1 Å². The van der Waals surface area contributed by atoms with Crippen molar-refractivity contribution in [2.75, 3.05) is 12.4 Å². The molecule has 0 aliphatic rings. The first kappa shape index (κ1) is 25.8. The standard InChI is InChI=1S/C19H17NO3S.C7H8.C2H6/c1-23-19(22)17-12-14-11-15(8-9-16(14)24-17)20-18(21)10-7-13-5-3-2-4-6-13;1-7-5-3-2-4-6-7;1-2/h2-6,8-9,11-12H,7,10H2,1H3,(H,20,21);2-6H,1H3;1-2H3. The van der Waals surface area contributed by atoms with E-state index in [1.165, 1.54) is 24.0 Å². The zero-order valence-corrected chi connectivity index (χ0v) is 20.4. The summed E-state index contributed by atoms with van der Waals surface area (Å²) in [4.78, 5) is 24.2. The second-order valence-corrected chi connectivity index (χ2v) is 8.13. The van der Waals surface area contributed by atoms with Crippen molar-refractivity contribution in [1.29, 1.82) is 0 Å². The van der Waals surface area contributed by atoms with E-state index in [4.69, 9.17) is 4.74 Å². The normalized spacial score (nSPS) is 9.70. The van der Waals surface area contributed by atoms with Gasteiger partial charge in [-0.1, -0.05) is 80.1 Å². The molecule has 4 aromatic rings. The van der Waals surface area contributed by atoms with E-state index < -0.39 is 0 Å². The minimum absolute atomic E-state index is 0.0263. The average molecular weight is 462 g/mol. The van der Waals surface area contributed by atoms with Gasteiger partial charge in [0, 0.05) is 16.8 Å². The fraction of sp³-hybridized carbons (Fsp3) is 0.214. The maximum Gasteiger partial charge on any atom is 0.348 e. The van der Waals surface area contributed by atoms with Crippen LogP contribution in [0.3, 0.4) is 0 Å². The summed E-state index contributed by atoms with van der Waals surface area (Å²) in [7, 11) is 1.37. The Morgan fingerprint density at radius 2 is 1.52 bits per heavy atom. The summed E-state index contributed by atoms with van der Waals surface area (Å²) in [5.74, 6) is -0.369. The molecule has 0 spiro atoms. The number of aryl methyl sites for hydroxylation is 2. The number of esters is 1. The first-order valence-corrected chi connectivity index (χ1v) is 11.8. The summed E-state index contributed by atoms with van der Waals surface area (Å²) in [5.41, 5.74) is 3.20. The van der Waals surface area contributed by atoms with Gasteiger partial charge in [0.1, 0.15) is 4.88 Å². The van der Waals surface area contributed by atoms with Gasteiger partial charge in [0.15, 0.2) is 0 Å². The number of methoxy groups -OCH3 is 1. The van der Waals surface area contributed by atoms with Crippen LogP contribution in [0, 0.1) is 6.92 Å². The number of anilines is 1. The molecule has 0 aliphatic carbocycles. The molecule has 3 aromatic carbocycles. The van der Waals surface area contributed by atoms with Crippen molar-refractivity contribution in [2.45, 2.75) is 33.6 Å². The minimum atomic E-state index is -0.343. The molecule has 0 radical (unpaired) electrons. The van der Waals surface area contributed by atoms with Gasteiger partial charge in [-0.15, -0.1) is 11.3 Å². The number of rotatable bonds is 5. The van der Waals surface area contributed by atoms with Gasteiger partial charge in [0.2, 0.25) is 5.91 Å². The van der Waals surface area contributed by atoms with Crippen molar-refractivity contribution >= 4 is 39.0 Å². The summed E-state index contributed by atoms with van der Waals surface area (Å²) in [6, 6.07) is 27.6. The van der Waals surface area contributed by atoms with Crippen LogP contribution >= 0.6 is 11.3 Å². The maximum absolute atomic E-state index is 12.1. The summed E-state index contributed by atoms with van der Waals surface area (Å²) >= 11 is 1.38. The van der Waals surface area contributed by atoms with Crippen LogP contribution in [0.15, 0.2) is 84.9 Å². The fourth-order valence-corrected chi connectivity index (χ4v) is 3.94. The fourth-order valence-electron chi connectivity index (χ4n) is 2.98. The molecule has 0 saturated carbocycles. The molecule has 1 heterocycles. The van der Waals surface area contributed by atoms with Crippen molar-refractivity contribution in [3.8, 4) is 0 Å². The molecule has 0 fully saturated rings. The van der Waals surface area contributed by atoms with Gasteiger partial charge in [-0.2, -0.15) is 0 Å². The number of benzene rings is 3. The molecule has 1 amide bonds. The number of amides is 1. The minimum Gasteiger partial charge on any atom is -0.465 e. The highest BCUT2D eigenvalue weighted by Crippen LogP contribution is 2.28. The maximum atomic E-state index is 12.1. The zero-order chi connectivity index (χ0) is 24.1. The Hall–Kier alpha value is -3.44. The Kier molecular flexibility index (Phi) is 10.8. The molecule has 33 heavy (non-hydrogen) atoms. The van der Waals surface area contributed by atoms with E-state index in [1.807, 2.05) is 80.6 Å². The van der Waals surface area contributed by atoms with Crippen molar-refractivity contribution in [3.05, 3.63) is 101 Å². The number of carbonyl (C=O) groups excluding carboxylic acids is 2. The number of nitrogens with one attached hydrogen (secondary N) is 1. The highest BCUT2D eigenvalue weighted by Gasteiger charge is 2.11. The number of fused-ring (bicyclic) bond motifs is 1. The van der Waals surface area contributed by atoms with Gasteiger partial charge in [-0.25, -0.2) is 4.79 Å². The highest BCUT2D eigenvalue weighted by molar-refractivity contribution is 7.20. The van der Waals surface area contributed by atoms with E-state index in [0.717, 1.165) is 21.3 Å². The van der Waals surface area contributed by atoms with E-state index in [2.05, 4.69) is 24.4 Å². The molecule has 0 atom stereocenters. The van der Waals surface area contributed by atoms with Crippen LogP contribution in [0.4, 0.5) is 5.69 Å². The van der Waals surface area contributed by atoms with Gasteiger partial charge >= 0.3 is 5.97 Å². The summed E-state index contributed by atoms with van der Waals surface area (Å²) < 4.78 is 5.72. The largest absolute Gasteiger partial charge is 0.465 e. The molecule has 172 valence electrons. The van der Waals surface area contributed by atoms with Gasteiger partial charge in [0.05, 0.1) is 7.11 Å². The van der Waals surface area contributed by atoms with Crippen molar-refractivity contribution in [1.82, 2.24) is 0 Å². The SMILES string of the molecule is CC.COC(=O)c1cc2cc(NC(=O)CCc3ccccc3)ccc2s1.Cc1ccccc1. The van der Waals surface area contributed by atoms with Crippen LogP contribution in [-0.2, 0) is 16.0 Å². The number of carbonyl (C=O) groups is 2. The van der Waals surface area contributed by atoms with Crippen LogP contribution in [0.5, 0.6) is 0 Å². The lowest BCUT2D eigenvalue weighted by Gasteiger charge is -2.05. The molecule has 1 aromatic heterocycles. The number of hydrogen-bond donors (Lipinski definition) is 1. The Bertz CT molecular complexity index is 1140. The van der Waals surface area contributed by atoms with Gasteiger partial charge in [-0.3, -0.25) is 4.79 Å². The second kappa shape index (κ2) is 13.9. The molecule has 5 heteroatoms. The van der Waals surface area contributed by atoms with Gasteiger partial charge in [-0.05, 0) is 48.6 Å². The van der Waals surface area contributed by atoms with Gasteiger partial charge < -0.3 is 10.1 Å². The van der Waals surface area contributed by atoms with E-state index in [1.54, 1.807) is 6.07 Å². The first-order valence-electron chi connectivity index (χ1n) is 11.0. The van der Waals surface area contributed by atoms with Crippen molar-refractivity contribution in [3.63, 3.8) is 0 Å². The lowest BCUT2D eigenvalue weighted by atomic mass is 10.1. The monoisotopic (exact) mass is 461 g/mol. The molecule has 0 aliphatic heterocycles. The molecule has 0 saturated heterocycles. The van der Waals surface area contributed by atoms with Crippen molar-refractivity contribution < 1.29 is 14.3 Å². The topological polar surface area (TPSA) is 55.4 Å². The predicted molar refractivity (Wildman–Crippen MR) is 139 cm³/mol. The number of thiophene rings is 1. The summed E-state index contributed by atoms with van der Waals surface area (Å²) in [6.07, 6.45) is 1.14. The van der Waals surface area contributed by atoms with Crippen LogP contribution in [0.2, 0.25) is 0 Å². The molecular weight excluding hydrogens is 430 g/mol. The van der Waals surface area contributed by atoms with E-state index in [-0.39, 0.29) is 11.9 Å². The Labute approximate surface area is 200 Å². The Morgan fingerprint density at radius 3 is 2.09 bits per heavy atom. The molecule has 0 unspecified atom stereocenters. The van der Waals surface area contributed by atoms with Crippen LogP contribution in [0.1, 0.15) is 41.1 Å². The second-order valence-electron chi connectivity index (χ2n) is 7.04. The number of hydrogen-bond acceptors (Lipinski definition) is 4. The predicted octanol–water partition coefficient (Wildman–Crippen LogP) is 7.28. The molecule has 4 nitrogen and oxygen atoms in total. The Morgan fingerprint density at radius 1 is 0.879 bits per heavy atom. The molecule has 1 N–H and O–H groups in total. The highest BCUT2D eigenvalue weighted by atomic mass is 32.1. The molecular formula is C28H31NO3S. The lowest BCUT2D eigenvalue weighted by molar-refractivity contribution is -0.116. The lowest BCUT2D eigenvalue weighted by Crippen LogP contribution is -2.12. The van der Waals surface area contributed by atoms with E-state index in [9.17, 15) is 9.59 Å². The van der Waals surface area contributed by atoms with Crippen LogP contribution in [-0.4, -0.2) is 19.0 Å². The van der Waals surface area contributed by atoms with E-state index in [0.29, 0.717) is 17.7 Å². The summed E-state index contributed by atoms with van der Waals surface area (Å²) in [6.45, 7) is 6.08. The quantitative estimate of drug-likeness (QED) is 0.318. The van der Waals surface area contributed by atoms with Gasteiger partial charge in [0.25, 0.3) is 0 Å². The smallest absolute Gasteiger partial charge is 0.348 e. The Balaban J connectivity index is 0.000000362. The summed E-state index contributed by atoms with van der Waals surface area (Å²) in [5, 5.41) is 3.82. The van der Waals surface area contributed by atoms with Crippen molar-refractivity contribution in [2.24, 2.45) is 0 Å². The molecule has 4 rings (SSSR count). The average Bonchev–Trinajstić information content (AvgIpc) is 3.28. The zero-order valence-electron chi connectivity index (χ0n) is 19.6.